The van der Waals surface area contributed by atoms with Crippen LogP contribution in [0, 0.1) is 6.92 Å². The topological polar surface area (TPSA) is 93.2 Å². The number of aryl methyl sites for hydroxylation is 1. The maximum absolute atomic E-state index is 12.7. The van der Waals surface area contributed by atoms with E-state index in [0.29, 0.717) is 18.8 Å². The van der Waals surface area contributed by atoms with E-state index in [1.807, 2.05) is 37.8 Å². The van der Waals surface area contributed by atoms with Gasteiger partial charge in [0.05, 0.1) is 12.6 Å². The van der Waals surface area contributed by atoms with Crippen molar-refractivity contribution in [1.82, 2.24) is 25.0 Å². The summed E-state index contributed by atoms with van der Waals surface area (Å²) in [4.78, 5) is 40.4. The van der Waals surface area contributed by atoms with Crippen LogP contribution in [0.1, 0.15) is 38.8 Å². The van der Waals surface area contributed by atoms with Crippen molar-refractivity contribution in [2.75, 3.05) is 57.7 Å². The van der Waals surface area contributed by atoms with E-state index in [-0.39, 0.29) is 41.8 Å². The summed E-state index contributed by atoms with van der Waals surface area (Å²) in [5, 5.41) is 6.16. The summed E-state index contributed by atoms with van der Waals surface area (Å²) in [6.07, 6.45) is 2.54. The molecule has 0 bridgehead atoms. The lowest BCUT2D eigenvalue weighted by Gasteiger charge is -2.39. The minimum Gasteiger partial charge on any atom is -0.357 e. The first-order valence-corrected chi connectivity index (χ1v) is 11.8. The summed E-state index contributed by atoms with van der Waals surface area (Å²) >= 11 is 0. The third-order valence-corrected chi connectivity index (χ3v) is 6.03. The maximum Gasteiger partial charge on any atom is 0.239 e. The molecule has 1 unspecified atom stereocenters. The predicted octanol–water partition coefficient (Wildman–Crippen LogP) is 1.93. The zero-order valence-electron chi connectivity index (χ0n) is 20.0. The lowest BCUT2D eigenvalue weighted by atomic mass is 10.2. The molecule has 2 amide bonds. The van der Waals surface area contributed by atoms with E-state index in [2.05, 4.69) is 30.4 Å². The molecule has 0 radical (unpaired) electrons. The van der Waals surface area contributed by atoms with Crippen LogP contribution in [0.5, 0.6) is 0 Å². The number of aromatic nitrogens is 1. The van der Waals surface area contributed by atoms with Crippen LogP contribution >= 0.6 is 24.0 Å². The molecule has 0 aliphatic carbocycles. The Morgan fingerprint density at radius 2 is 1.79 bits per heavy atom. The van der Waals surface area contributed by atoms with E-state index in [9.17, 15) is 9.59 Å². The van der Waals surface area contributed by atoms with Gasteiger partial charge in [-0.05, 0) is 45.7 Å². The lowest BCUT2D eigenvalue weighted by molar-refractivity contribution is -0.135. The van der Waals surface area contributed by atoms with E-state index >= 15 is 0 Å². The number of piperazine rings is 1. The lowest BCUT2D eigenvalue weighted by Crippen LogP contribution is -2.57. The van der Waals surface area contributed by atoms with E-state index in [1.54, 1.807) is 6.07 Å². The number of carbonyl (C=O) groups excluding carboxylic acids is 2. The van der Waals surface area contributed by atoms with Crippen molar-refractivity contribution in [2.24, 2.45) is 4.99 Å². The van der Waals surface area contributed by atoms with Gasteiger partial charge in [0.1, 0.15) is 5.82 Å². The van der Waals surface area contributed by atoms with Gasteiger partial charge in [0.2, 0.25) is 11.8 Å². The Labute approximate surface area is 214 Å². The van der Waals surface area contributed by atoms with Crippen LogP contribution in [0.15, 0.2) is 23.2 Å². The maximum atomic E-state index is 12.7. The second-order valence-electron chi connectivity index (χ2n) is 8.43. The summed E-state index contributed by atoms with van der Waals surface area (Å²) in [5.41, 5.74) is 0.867. The molecule has 2 aliphatic heterocycles. The highest BCUT2D eigenvalue weighted by atomic mass is 127. The highest BCUT2D eigenvalue weighted by Gasteiger charge is 2.30. The largest absolute Gasteiger partial charge is 0.357 e. The number of amides is 2. The number of pyridine rings is 1. The number of anilines is 1. The molecule has 3 heterocycles. The van der Waals surface area contributed by atoms with Gasteiger partial charge in [0, 0.05) is 57.9 Å². The normalized spacial score (nSPS) is 18.0. The van der Waals surface area contributed by atoms with Crippen molar-refractivity contribution < 1.29 is 9.59 Å². The first-order valence-electron chi connectivity index (χ1n) is 11.8. The van der Waals surface area contributed by atoms with Crippen LogP contribution in [-0.4, -0.2) is 95.9 Å². The zero-order chi connectivity index (χ0) is 22.9. The van der Waals surface area contributed by atoms with Crippen LogP contribution in [-0.2, 0) is 9.59 Å². The summed E-state index contributed by atoms with van der Waals surface area (Å²) in [6.45, 7) is 12.2. The number of hydrogen-bond acceptors (Lipinski definition) is 5. The molecule has 33 heavy (non-hydrogen) atoms. The molecular weight excluding hydrogens is 533 g/mol. The van der Waals surface area contributed by atoms with Gasteiger partial charge in [-0.25, -0.2) is 4.98 Å². The fourth-order valence-corrected chi connectivity index (χ4v) is 4.19. The molecular formula is C23H38IN7O2. The molecule has 1 aromatic rings. The number of nitrogens with one attached hydrogen (secondary N) is 2. The summed E-state index contributed by atoms with van der Waals surface area (Å²) < 4.78 is 0. The highest BCUT2D eigenvalue weighted by molar-refractivity contribution is 14.0. The van der Waals surface area contributed by atoms with Gasteiger partial charge in [0.15, 0.2) is 5.96 Å². The third-order valence-electron chi connectivity index (χ3n) is 6.03. The first-order chi connectivity index (χ1) is 15.5. The Morgan fingerprint density at radius 1 is 1.09 bits per heavy atom. The van der Waals surface area contributed by atoms with Crippen molar-refractivity contribution in [1.29, 1.82) is 0 Å². The van der Waals surface area contributed by atoms with Crippen LogP contribution < -0.4 is 10.6 Å². The molecule has 10 heteroatoms. The van der Waals surface area contributed by atoms with Crippen molar-refractivity contribution in [3.8, 4) is 0 Å². The molecule has 0 saturated carbocycles. The predicted molar refractivity (Wildman–Crippen MR) is 142 cm³/mol. The van der Waals surface area contributed by atoms with Gasteiger partial charge in [0.25, 0.3) is 0 Å². The first kappa shape index (κ1) is 27.3. The number of nitrogens with zero attached hydrogens (tertiary/aromatic N) is 5. The van der Waals surface area contributed by atoms with E-state index < -0.39 is 0 Å². The molecule has 0 spiro atoms. The standard InChI is InChI=1S/C23H37N7O2.HI/c1-4-24-23(25-11-10-21(31)27-20-9-7-8-18(2)26-20)30-16-14-28(15-17-30)19(3)22(32)29-12-5-6-13-29;/h7-9,19H,4-6,10-17H2,1-3H3,(H,24,25)(H,26,27,31);1H. The molecule has 0 aromatic carbocycles. The van der Waals surface area contributed by atoms with Gasteiger partial charge in [-0.2, -0.15) is 0 Å². The number of guanidine groups is 1. The number of rotatable bonds is 7. The van der Waals surface area contributed by atoms with Gasteiger partial charge < -0.3 is 20.4 Å². The van der Waals surface area contributed by atoms with Crippen LogP contribution in [0.2, 0.25) is 0 Å². The summed E-state index contributed by atoms with van der Waals surface area (Å²) in [6, 6.07) is 5.48. The van der Waals surface area contributed by atoms with E-state index in [0.717, 1.165) is 70.3 Å². The molecule has 2 saturated heterocycles. The fourth-order valence-electron chi connectivity index (χ4n) is 4.19. The molecule has 1 aromatic heterocycles. The summed E-state index contributed by atoms with van der Waals surface area (Å²) in [5.74, 6) is 1.55. The zero-order valence-corrected chi connectivity index (χ0v) is 22.4. The molecule has 1 atom stereocenters. The molecule has 184 valence electrons. The molecule has 9 nitrogen and oxygen atoms in total. The number of hydrogen-bond donors (Lipinski definition) is 2. The van der Waals surface area contributed by atoms with Crippen LogP contribution in [0.25, 0.3) is 0 Å². The monoisotopic (exact) mass is 571 g/mol. The Hall–Kier alpha value is -1.95. The number of aliphatic imine (C=N–C) groups is 1. The summed E-state index contributed by atoms with van der Waals surface area (Å²) in [7, 11) is 0. The van der Waals surface area contributed by atoms with Crippen LogP contribution in [0.4, 0.5) is 5.82 Å². The quantitative estimate of drug-likeness (QED) is 0.295. The molecule has 2 N–H and O–H groups in total. The van der Waals surface area contributed by atoms with Crippen molar-refractivity contribution in [3.05, 3.63) is 23.9 Å². The minimum atomic E-state index is -0.0956. The second-order valence-corrected chi connectivity index (χ2v) is 8.43. The number of likely N-dealkylation sites (tertiary alicyclic amines) is 1. The minimum absolute atomic E-state index is 0. The van der Waals surface area contributed by atoms with Crippen molar-refractivity contribution in [3.63, 3.8) is 0 Å². The average molecular weight is 572 g/mol. The second kappa shape index (κ2) is 13.7. The SMILES string of the molecule is CCNC(=NCCC(=O)Nc1cccc(C)n1)N1CCN(C(C)C(=O)N2CCCC2)CC1.I. The number of halogens is 1. The average Bonchev–Trinajstić information content (AvgIpc) is 3.33. The van der Waals surface area contributed by atoms with E-state index in [1.165, 1.54) is 0 Å². The van der Waals surface area contributed by atoms with Crippen molar-refractivity contribution >= 4 is 47.6 Å². The molecule has 2 fully saturated rings. The number of carbonyl (C=O) groups is 2. The molecule has 2 aliphatic rings. The Kier molecular flexibility index (Phi) is 11.3. The van der Waals surface area contributed by atoms with Gasteiger partial charge >= 0.3 is 0 Å². The fraction of sp³-hybridized carbons (Fsp3) is 0.652. The third kappa shape index (κ3) is 8.09. The Bertz CT molecular complexity index is 806. The highest BCUT2D eigenvalue weighted by Crippen LogP contribution is 2.14. The molecule has 3 rings (SSSR count). The van der Waals surface area contributed by atoms with Gasteiger partial charge in [-0.1, -0.05) is 6.07 Å². The van der Waals surface area contributed by atoms with Crippen molar-refractivity contribution in [2.45, 2.75) is 46.1 Å². The Balaban J connectivity index is 0.00000385. The van der Waals surface area contributed by atoms with Gasteiger partial charge in [-0.3, -0.25) is 19.5 Å². The van der Waals surface area contributed by atoms with E-state index in [4.69, 9.17) is 0 Å². The van der Waals surface area contributed by atoms with Gasteiger partial charge in [-0.15, -0.1) is 24.0 Å². The van der Waals surface area contributed by atoms with Crippen LogP contribution in [0.3, 0.4) is 0 Å². The smallest absolute Gasteiger partial charge is 0.239 e. The Morgan fingerprint density at radius 3 is 2.42 bits per heavy atom.